The Bertz CT molecular complexity index is 1040. The molecule has 142 valence electrons. The highest BCUT2D eigenvalue weighted by Gasteiger charge is 2.31. The van der Waals surface area contributed by atoms with Crippen molar-refractivity contribution in [3.63, 3.8) is 0 Å². The van der Waals surface area contributed by atoms with E-state index >= 15 is 0 Å². The zero-order valence-corrected chi connectivity index (χ0v) is 16.7. The number of rotatable bonds is 6. The summed E-state index contributed by atoms with van der Waals surface area (Å²) in [6.07, 6.45) is 1.84. The Balaban J connectivity index is 2.60. The van der Waals surface area contributed by atoms with Crippen LogP contribution in [0.25, 0.3) is 0 Å². The Labute approximate surface area is 155 Å². The lowest BCUT2D eigenvalue weighted by atomic mass is 10.3. The van der Waals surface area contributed by atoms with Crippen molar-refractivity contribution in [1.29, 1.82) is 0 Å². The summed E-state index contributed by atoms with van der Waals surface area (Å²) in [7, 11) is -4.94. The second-order valence-corrected chi connectivity index (χ2v) is 10.3. The molecule has 9 nitrogen and oxygen atoms in total. The Morgan fingerprint density at radius 3 is 2.15 bits per heavy atom. The van der Waals surface area contributed by atoms with E-state index in [-0.39, 0.29) is 26.5 Å². The van der Waals surface area contributed by atoms with Gasteiger partial charge >= 0.3 is 0 Å². The number of thiophene rings is 1. The minimum Gasteiger partial charge on any atom is -0.481 e. The maximum atomic E-state index is 12.8. The van der Waals surface area contributed by atoms with Crippen molar-refractivity contribution >= 4 is 42.8 Å². The van der Waals surface area contributed by atoms with Crippen LogP contribution in [-0.2, 0) is 19.9 Å². The SMILES string of the molecule is COc1ccc(N(C(=O)c2ccc(S(C)(=O)=O)s2)S(C)(=O)=O)c(OC)n1. The molecule has 0 fully saturated rings. The fourth-order valence-corrected chi connectivity index (χ4v) is 4.82. The van der Waals surface area contributed by atoms with E-state index in [1.54, 1.807) is 0 Å². The zero-order valence-electron chi connectivity index (χ0n) is 14.3. The lowest BCUT2D eigenvalue weighted by Gasteiger charge is -2.21. The molecular weight excluding hydrogens is 404 g/mol. The lowest BCUT2D eigenvalue weighted by Crippen LogP contribution is -2.36. The number of aromatic nitrogens is 1. The van der Waals surface area contributed by atoms with Gasteiger partial charge in [0, 0.05) is 12.3 Å². The number of ether oxygens (including phenoxy) is 2. The predicted octanol–water partition coefficient (Wildman–Crippen LogP) is 1.17. The molecule has 2 aromatic rings. The third-order valence-electron chi connectivity index (χ3n) is 3.11. The second-order valence-electron chi connectivity index (χ2n) is 5.11. The molecule has 12 heteroatoms. The number of amides is 1. The van der Waals surface area contributed by atoms with Crippen LogP contribution in [0.5, 0.6) is 11.8 Å². The summed E-state index contributed by atoms with van der Waals surface area (Å²) >= 11 is 0.679. The Morgan fingerprint density at radius 2 is 1.69 bits per heavy atom. The lowest BCUT2D eigenvalue weighted by molar-refractivity contribution is 0.101. The van der Waals surface area contributed by atoms with Crippen LogP contribution >= 0.6 is 11.3 Å². The number of hydrogen-bond acceptors (Lipinski definition) is 9. The maximum Gasteiger partial charge on any atom is 0.282 e. The fraction of sp³-hybridized carbons (Fsp3) is 0.286. The highest BCUT2D eigenvalue weighted by molar-refractivity contribution is 7.93. The van der Waals surface area contributed by atoms with Gasteiger partial charge in [-0.3, -0.25) is 4.79 Å². The molecule has 0 spiro atoms. The average molecular weight is 420 g/mol. The number of sulfone groups is 1. The number of carbonyl (C=O) groups excluding carboxylic acids is 1. The Morgan fingerprint density at radius 1 is 1.04 bits per heavy atom. The molecule has 0 saturated carbocycles. The van der Waals surface area contributed by atoms with Crippen LogP contribution in [0.3, 0.4) is 0 Å². The smallest absolute Gasteiger partial charge is 0.282 e. The number of methoxy groups -OCH3 is 2. The van der Waals surface area contributed by atoms with Gasteiger partial charge in [-0.1, -0.05) is 0 Å². The molecule has 2 rings (SSSR count). The number of carbonyl (C=O) groups is 1. The molecular formula is C14H16N2O7S3. The van der Waals surface area contributed by atoms with Gasteiger partial charge in [0.15, 0.2) is 9.84 Å². The van der Waals surface area contributed by atoms with E-state index in [9.17, 15) is 21.6 Å². The van der Waals surface area contributed by atoms with Gasteiger partial charge in [-0.15, -0.1) is 11.3 Å². The van der Waals surface area contributed by atoms with Crippen molar-refractivity contribution in [1.82, 2.24) is 4.98 Å². The Hall–Kier alpha value is -2.18. The number of sulfonamides is 1. The maximum absolute atomic E-state index is 12.8. The van der Waals surface area contributed by atoms with Crippen molar-refractivity contribution in [3.8, 4) is 11.8 Å². The molecule has 0 aliphatic heterocycles. The highest BCUT2D eigenvalue weighted by Crippen LogP contribution is 2.33. The van der Waals surface area contributed by atoms with Crippen LogP contribution in [0.15, 0.2) is 28.5 Å². The van der Waals surface area contributed by atoms with E-state index in [4.69, 9.17) is 9.47 Å². The fourth-order valence-electron chi connectivity index (χ4n) is 2.01. The summed E-state index contributed by atoms with van der Waals surface area (Å²) in [6.45, 7) is 0. The average Bonchev–Trinajstić information content (AvgIpc) is 3.04. The quantitative estimate of drug-likeness (QED) is 0.683. The molecule has 0 aliphatic rings. The van der Waals surface area contributed by atoms with Gasteiger partial charge in [0.1, 0.15) is 9.90 Å². The number of hydrogen-bond donors (Lipinski definition) is 0. The van der Waals surface area contributed by atoms with Gasteiger partial charge in [0.2, 0.25) is 21.8 Å². The summed E-state index contributed by atoms with van der Waals surface area (Å²) in [5.74, 6) is -0.886. The molecule has 1 amide bonds. The van der Waals surface area contributed by atoms with Crippen LogP contribution in [0.2, 0.25) is 0 Å². The molecule has 0 saturated heterocycles. The van der Waals surface area contributed by atoms with Gasteiger partial charge in [0.25, 0.3) is 5.91 Å². The van der Waals surface area contributed by atoms with Gasteiger partial charge in [-0.25, -0.2) is 16.8 Å². The standard InChI is InChI=1S/C14H16N2O7S3/c1-22-11-7-5-9(13(15-11)23-2)16(26(4,20)21)14(17)10-6-8-12(24-10)25(3,18)19/h5-8H,1-4H3. The van der Waals surface area contributed by atoms with Gasteiger partial charge in [-0.2, -0.15) is 9.29 Å². The monoisotopic (exact) mass is 420 g/mol. The molecule has 0 bridgehead atoms. The summed E-state index contributed by atoms with van der Waals surface area (Å²) in [5, 5.41) is 0. The molecule has 2 heterocycles. The van der Waals surface area contributed by atoms with Crippen molar-refractivity contribution in [2.75, 3.05) is 31.0 Å². The number of nitrogens with zero attached hydrogens (tertiary/aromatic N) is 2. The van der Waals surface area contributed by atoms with Crippen LogP contribution < -0.4 is 13.8 Å². The van der Waals surface area contributed by atoms with Gasteiger partial charge in [0.05, 0.1) is 25.4 Å². The van der Waals surface area contributed by atoms with Gasteiger partial charge in [-0.05, 0) is 18.2 Å². The largest absolute Gasteiger partial charge is 0.481 e. The zero-order chi connectivity index (χ0) is 19.7. The minimum absolute atomic E-state index is 0.0471. The number of pyridine rings is 1. The molecule has 0 atom stereocenters. The van der Waals surface area contributed by atoms with Crippen LogP contribution in [0, 0.1) is 0 Å². The first-order valence-corrected chi connectivity index (χ1v) is 11.5. The molecule has 0 unspecified atom stereocenters. The molecule has 2 aromatic heterocycles. The van der Waals surface area contributed by atoms with Gasteiger partial charge < -0.3 is 9.47 Å². The third kappa shape index (κ3) is 4.14. The van der Waals surface area contributed by atoms with Crippen LogP contribution in [0.4, 0.5) is 5.69 Å². The first kappa shape index (κ1) is 20.1. The second kappa shape index (κ2) is 7.21. The predicted molar refractivity (Wildman–Crippen MR) is 96.4 cm³/mol. The minimum atomic E-state index is -4.06. The third-order valence-corrected chi connectivity index (χ3v) is 7.03. The van der Waals surface area contributed by atoms with E-state index in [0.717, 1.165) is 12.5 Å². The van der Waals surface area contributed by atoms with Crippen LogP contribution in [0.1, 0.15) is 9.67 Å². The summed E-state index contributed by atoms with van der Waals surface area (Å²) in [4.78, 5) is 16.7. The Kier molecular flexibility index (Phi) is 5.58. The van der Waals surface area contributed by atoms with E-state index in [1.165, 1.54) is 38.5 Å². The van der Waals surface area contributed by atoms with E-state index < -0.39 is 25.8 Å². The summed E-state index contributed by atoms with van der Waals surface area (Å²) in [5.41, 5.74) is -0.116. The summed E-state index contributed by atoms with van der Waals surface area (Å²) < 4.78 is 58.2. The van der Waals surface area contributed by atoms with E-state index in [0.29, 0.717) is 15.6 Å². The molecule has 0 aromatic carbocycles. The van der Waals surface area contributed by atoms with Crippen molar-refractivity contribution in [2.45, 2.75) is 4.21 Å². The van der Waals surface area contributed by atoms with E-state index in [2.05, 4.69) is 4.98 Å². The topological polar surface area (TPSA) is 120 Å². The van der Waals surface area contributed by atoms with Crippen molar-refractivity contribution in [2.24, 2.45) is 0 Å². The molecule has 0 aliphatic carbocycles. The van der Waals surface area contributed by atoms with Crippen LogP contribution in [-0.4, -0.2) is 54.5 Å². The molecule has 0 radical (unpaired) electrons. The van der Waals surface area contributed by atoms with Crippen molar-refractivity contribution in [3.05, 3.63) is 29.1 Å². The molecule has 26 heavy (non-hydrogen) atoms. The van der Waals surface area contributed by atoms with Crippen molar-refractivity contribution < 1.29 is 31.1 Å². The summed E-state index contributed by atoms with van der Waals surface area (Å²) in [6, 6.07) is 5.19. The first-order valence-electron chi connectivity index (χ1n) is 6.92. The highest BCUT2D eigenvalue weighted by atomic mass is 32.2. The van der Waals surface area contributed by atoms with E-state index in [1.807, 2.05) is 0 Å². The first-order chi connectivity index (χ1) is 12.0. The molecule has 0 N–H and O–H groups in total. The number of anilines is 1. The normalized spacial score (nSPS) is 11.8.